The average Bonchev–Trinajstić information content (AvgIpc) is 3.34. The van der Waals surface area contributed by atoms with Crippen molar-refractivity contribution in [3.05, 3.63) is 65.7 Å². The van der Waals surface area contributed by atoms with Crippen LogP contribution < -0.4 is 10.1 Å². The monoisotopic (exact) mass is 530 g/mol. The van der Waals surface area contributed by atoms with Gasteiger partial charge in [0, 0.05) is 6.04 Å². The molecule has 2 aliphatic heterocycles. The Labute approximate surface area is 218 Å². The number of hydrogen-bond acceptors (Lipinski definition) is 5. The van der Waals surface area contributed by atoms with E-state index in [1.165, 1.54) is 12.1 Å². The minimum Gasteiger partial charge on any atom is -0.480 e. The van der Waals surface area contributed by atoms with Crippen LogP contribution in [-0.4, -0.2) is 39.7 Å². The molecule has 38 heavy (non-hydrogen) atoms. The molecule has 5 rings (SSSR count). The molecule has 2 aromatic carbocycles. The number of ether oxygens (including phenoxy) is 1. The van der Waals surface area contributed by atoms with E-state index in [9.17, 15) is 32.7 Å². The van der Waals surface area contributed by atoms with Gasteiger partial charge < -0.3 is 9.84 Å². The summed E-state index contributed by atoms with van der Waals surface area (Å²) in [4.78, 5) is 41.7. The van der Waals surface area contributed by atoms with Crippen molar-refractivity contribution >= 4 is 17.8 Å². The van der Waals surface area contributed by atoms with Crippen LogP contribution in [0.15, 0.2) is 54.6 Å². The van der Waals surface area contributed by atoms with Crippen molar-refractivity contribution in [2.45, 2.75) is 63.0 Å². The highest BCUT2D eigenvalue weighted by Gasteiger charge is 2.68. The summed E-state index contributed by atoms with van der Waals surface area (Å²) >= 11 is 0. The van der Waals surface area contributed by atoms with E-state index < -0.39 is 53.3 Å². The minimum atomic E-state index is -4.91. The molecule has 1 saturated carbocycles. The van der Waals surface area contributed by atoms with Crippen molar-refractivity contribution in [2.75, 3.05) is 0 Å². The van der Waals surface area contributed by atoms with Gasteiger partial charge in [0.15, 0.2) is 0 Å². The summed E-state index contributed by atoms with van der Waals surface area (Å²) in [6.45, 7) is -0.00538. The number of nitrogens with one attached hydrogen (secondary N) is 1. The second-order valence-electron chi connectivity index (χ2n) is 10.5. The molecule has 10 heteroatoms. The number of aliphatic carboxylic acids is 1. The molecule has 7 nitrogen and oxygen atoms in total. The highest BCUT2D eigenvalue weighted by molar-refractivity contribution is 6.09. The highest BCUT2D eigenvalue weighted by atomic mass is 19.4. The van der Waals surface area contributed by atoms with Crippen LogP contribution in [-0.2, 0) is 20.9 Å². The zero-order valence-corrected chi connectivity index (χ0v) is 20.6. The molecule has 2 N–H and O–H groups in total. The first-order valence-electron chi connectivity index (χ1n) is 12.8. The molecular weight excluding hydrogens is 501 g/mol. The predicted molar refractivity (Wildman–Crippen MR) is 130 cm³/mol. The SMILES string of the molecule is O=C1C2C(c3cccc(OC(F)(F)F)c3)NC(CC3CCCCC3)(C(=O)O)C2C(=O)N1Cc1ccccc1. The molecule has 4 unspecified atom stereocenters. The third-order valence-corrected chi connectivity index (χ3v) is 8.10. The zero-order chi connectivity index (χ0) is 27.1. The number of nitrogens with zero attached hydrogens (tertiary/aromatic N) is 1. The molecule has 2 aromatic rings. The van der Waals surface area contributed by atoms with Gasteiger partial charge in [-0.2, -0.15) is 0 Å². The van der Waals surface area contributed by atoms with Crippen molar-refractivity contribution in [1.29, 1.82) is 0 Å². The summed E-state index contributed by atoms with van der Waals surface area (Å²) in [5.74, 6) is -5.02. The van der Waals surface area contributed by atoms with Gasteiger partial charge >= 0.3 is 12.3 Å². The van der Waals surface area contributed by atoms with Crippen molar-refractivity contribution in [3.8, 4) is 5.75 Å². The number of benzene rings is 2. The highest BCUT2D eigenvalue weighted by Crippen LogP contribution is 2.52. The number of hydrogen-bond donors (Lipinski definition) is 2. The maximum absolute atomic E-state index is 13.8. The Morgan fingerprint density at radius 3 is 2.39 bits per heavy atom. The van der Waals surface area contributed by atoms with Gasteiger partial charge in [-0.3, -0.25) is 24.6 Å². The predicted octanol–water partition coefficient (Wildman–Crippen LogP) is 4.82. The van der Waals surface area contributed by atoms with E-state index in [1.54, 1.807) is 30.3 Å². The molecule has 3 aliphatic rings. The number of imide groups is 1. The number of amides is 2. The van der Waals surface area contributed by atoms with Crippen molar-refractivity contribution < 1.29 is 37.4 Å². The van der Waals surface area contributed by atoms with Gasteiger partial charge in [-0.1, -0.05) is 74.6 Å². The smallest absolute Gasteiger partial charge is 0.480 e. The summed E-state index contributed by atoms with van der Waals surface area (Å²) in [5, 5.41) is 13.7. The Balaban J connectivity index is 1.55. The fourth-order valence-electron chi connectivity index (χ4n) is 6.49. The molecule has 0 bridgehead atoms. The number of carboxylic acids is 1. The number of carbonyl (C=O) groups is 3. The van der Waals surface area contributed by atoms with Crippen molar-refractivity contribution in [3.63, 3.8) is 0 Å². The number of rotatable bonds is 7. The van der Waals surface area contributed by atoms with Crippen LogP contribution in [0.4, 0.5) is 13.2 Å². The zero-order valence-electron chi connectivity index (χ0n) is 20.6. The molecular formula is C28H29F3N2O5. The minimum absolute atomic E-state index is 0.00538. The third-order valence-electron chi connectivity index (χ3n) is 8.10. The fraction of sp³-hybridized carbons (Fsp3) is 0.464. The quantitative estimate of drug-likeness (QED) is 0.498. The maximum Gasteiger partial charge on any atom is 0.573 e. The van der Waals surface area contributed by atoms with Gasteiger partial charge in [0.05, 0.1) is 18.4 Å². The van der Waals surface area contributed by atoms with Gasteiger partial charge in [-0.25, -0.2) is 0 Å². The van der Waals surface area contributed by atoms with E-state index in [-0.39, 0.29) is 24.4 Å². The lowest BCUT2D eigenvalue weighted by Gasteiger charge is -2.35. The van der Waals surface area contributed by atoms with Crippen LogP contribution in [0.5, 0.6) is 5.75 Å². The van der Waals surface area contributed by atoms with E-state index in [4.69, 9.17) is 0 Å². The Hall–Kier alpha value is -3.40. The normalized spacial score (nSPS) is 28.0. The van der Waals surface area contributed by atoms with Crippen LogP contribution in [0.3, 0.4) is 0 Å². The lowest BCUT2D eigenvalue weighted by atomic mass is 9.72. The first-order chi connectivity index (χ1) is 18.1. The van der Waals surface area contributed by atoms with E-state index in [1.807, 2.05) is 0 Å². The van der Waals surface area contributed by atoms with Gasteiger partial charge in [-0.15, -0.1) is 13.2 Å². The summed E-state index contributed by atoms with van der Waals surface area (Å²) in [5.41, 5.74) is -0.750. The second kappa shape index (κ2) is 10.1. The molecule has 0 radical (unpaired) electrons. The maximum atomic E-state index is 13.8. The molecule has 1 aliphatic carbocycles. The topological polar surface area (TPSA) is 95.9 Å². The fourth-order valence-corrected chi connectivity index (χ4v) is 6.49. The molecule has 2 saturated heterocycles. The summed E-state index contributed by atoms with van der Waals surface area (Å²) < 4.78 is 42.8. The molecule has 2 heterocycles. The van der Waals surface area contributed by atoms with Crippen LogP contribution >= 0.6 is 0 Å². The van der Waals surface area contributed by atoms with E-state index in [2.05, 4.69) is 10.1 Å². The number of halogens is 3. The third kappa shape index (κ3) is 4.89. The largest absolute Gasteiger partial charge is 0.573 e. The number of likely N-dealkylation sites (tertiary alicyclic amines) is 1. The molecule has 3 fully saturated rings. The van der Waals surface area contributed by atoms with Gasteiger partial charge in [0.2, 0.25) is 11.8 Å². The first-order valence-corrected chi connectivity index (χ1v) is 12.8. The summed E-state index contributed by atoms with van der Waals surface area (Å²) in [6.07, 6.45) is -0.123. The van der Waals surface area contributed by atoms with Gasteiger partial charge in [0.25, 0.3) is 0 Å². The number of carbonyl (C=O) groups excluding carboxylic acids is 2. The van der Waals surface area contributed by atoms with Crippen molar-refractivity contribution in [1.82, 2.24) is 10.2 Å². The lowest BCUT2D eigenvalue weighted by Crippen LogP contribution is -2.56. The molecule has 0 spiro atoms. The van der Waals surface area contributed by atoms with Crippen LogP contribution in [0.25, 0.3) is 0 Å². The average molecular weight is 531 g/mol. The summed E-state index contributed by atoms with van der Waals surface area (Å²) in [6, 6.07) is 13.1. The Morgan fingerprint density at radius 1 is 1.03 bits per heavy atom. The van der Waals surface area contributed by atoms with Crippen LogP contribution in [0.1, 0.15) is 55.7 Å². The van der Waals surface area contributed by atoms with Crippen LogP contribution in [0.2, 0.25) is 0 Å². The molecule has 2 amide bonds. The van der Waals surface area contributed by atoms with E-state index in [0.717, 1.165) is 49.1 Å². The van der Waals surface area contributed by atoms with Gasteiger partial charge in [0.1, 0.15) is 11.3 Å². The van der Waals surface area contributed by atoms with E-state index in [0.29, 0.717) is 5.56 Å². The van der Waals surface area contributed by atoms with Crippen LogP contribution in [0, 0.1) is 17.8 Å². The number of fused-ring (bicyclic) bond motifs is 1. The Morgan fingerprint density at radius 2 is 1.74 bits per heavy atom. The standard InChI is InChI=1S/C28H29F3N2O5/c29-28(30,31)38-20-13-7-12-19(14-20)23-21-22(25(35)33(24(21)34)16-18-10-5-2-6-11-18)27(32-23,26(36)37)15-17-8-3-1-4-9-17/h2,5-7,10-14,17,21-23,32H,1,3-4,8-9,15-16H2,(H,36,37). The number of carboxylic acid groups (broad SMARTS) is 1. The summed E-state index contributed by atoms with van der Waals surface area (Å²) in [7, 11) is 0. The molecule has 4 atom stereocenters. The molecule has 202 valence electrons. The van der Waals surface area contributed by atoms with Gasteiger partial charge in [-0.05, 0) is 35.6 Å². The van der Waals surface area contributed by atoms with Crippen molar-refractivity contribution in [2.24, 2.45) is 17.8 Å². The number of alkyl halides is 3. The Kier molecular flexibility index (Phi) is 6.94. The Bertz CT molecular complexity index is 1210. The first kappa shape index (κ1) is 26.2. The van der Waals surface area contributed by atoms with E-state index >= 15 is 0 Å². The second-order valence-corrected chi connectivity index (χ2v) is 10.5. The lowest BCUT2D eigenvalue weighted by molar-refractivity contribution is -0.274. The molecule has 0 aromatic heterocycles.